The van der Waals surface area contributed by atoms with E-state index < -0.39 is 11.7 Å². The minimum absolute atomic E-state index is 0.0235. The molecule has 0 bridgehead atoms. The molecule has 2 heterocycles. The number of alkyl halides is 3. The highest BCUT2D eigenvalue weighted by molar-refractivity contribution is 6.33. The van der Waals surface area contributed by atoms with Gasteiger partial charge in [-0.15, -0.1) is 0 Å². The minimum atomic E-state index is -4.47. The van der Waals surface area contributed by atoms with Crippen LogP contribution in [-0.4, -0.2) is 67.8 Å². The quantitative estimate of drug-likeness (QED) is 0.653. The molecule has 2 rings (SSSR count). The number of hydrogen-bond acceptors (Lipinski definition) is 5. The number of halogens is 4. The number of carbonyl (C=O) groups excluding carboxylic acids is 1. The van der Waals surface area contributed by atoms with Crippen LogP contribution >= 0.6 is 11.6 Å². The second-order valence-electron chi connectivity index (χ2n) is 6.91. The first kappa shape index (κ1) is 22.7. The molecule has 1 amide bonds. The average molecular weight is 423 g/mol. The Labute approximate surface area is 168 Å². The molecule has 0 atom stereocenters. The summed E-state index contributed by atoms with van der Waals surface area (Å²) in [5.41, 5.74) is -0.865. The fourth-order valence-electron chi connectivity index (χ4n) is 2.81. The van der Waals surface area contributed by atoms with Gasteiger partial charge in [-0.2, -0.15) is 13.2 Å². The van der Waals surface area contributed by atoms with Crippen LogP contribution in [0.4, 0.5) is 19.0 Å². The van der Waals surface area contributed by atoms with Gasteiger partial charge in [0.1, 0.15) is 5.82 Å². The van der Waals surface area contributed by atoms with E-state index in [9.17, 15) is 18.0 Å². The molecule has 1 aliphatic heterocycles. The summed E-state index contributed by atoms with van der Waals surface area (Å²) < 4.78 is 43.6. The Morgan fingerprint density at radius 3 is 2.57 bits per heavy atom. The van der Waals surface area contributed by atoms with E-state index in [1.165, 1.54) is 0 Å². The van der Waals surface area contributed by atoms with Crippen molar-refractivity contribution in [1.29, 1.82) is 0 Å². The number of nitrogens with one attached hydrogen (secondary N) is 1. The van der Waals surface area contributed by atoms with Crippen LogP contribution in [0, 0.1) is 0 Å². The molecule has 1 N–H and O–H groups in total. The third kappa shape index (κ3) is 7.10. The molecule has 1 aliphatic rings. The van der Waals surface area contributed by atoms with E-state index in [1.54, 1.807) is 0 Å². The maximum absolute atomic E-state index is 12.7. The van der Waals surface area contributed by atoms with Crippen molar-refractivity contribution in [3.05, 3.63) is 22.8 Å². The number of aromatic nitrogens is 1. The number of ether oxygens (including phenoxy) is 1. The summed E-state index contributed by atoms with van der Waals surface area (Å²) >= 11 is 6.00. The van der Waals surface area contributed by atoms with Crippen molar-refractivity contribution in [2.75, 3.05) is 50.8 Å². The summed E-state index contributed by atoms with van der Waals surface area (Å²) in [5.74, 6) is 0.285. The summed E-state index contributed by atoms with van der Waals surface area (Å²) in [6.07, 6.45) is -2.73. The molecular weight excluding hydrogens is 397 g/mol. The number of piperazine rings is 1. The molecule has 158 valence electrons. The van der Waals surface area contributed by atoms with Gasteiger partial charge in [0.05, 0.1) is 23.2 Å². The van der Waals surface area contributed by atoms with Crippen LogP contribution in [0.3, 0.4) is 0 Å². The highest BCUT2D eigenvalue weighted by atomic mass is 35.5. The lowest BCUT2D eigenvalue weighted by atomic mass is 10.2. The first-order valence-electron chi connectivity index (χ1n) is 9.25. The van der Waals surface area contributed by atoms with Crippen molar-refractivity contribution in [2.24, 2.45) is 0 Å². The molecule has 0 spiro atoms. The van der Waals surface area contributed by atoms with Gasteiger partial charge in [-0.25, -0.2) is 4.98 Å². The topological polar surface area (TPSA) is 57.7 Å². The predicted octanol–water partition coefficient (Wildman–Crippen LogP) is 2.81. The monoisotopic (exact) mass is 422 g/mol. The van der Waals surface area contributed by atoms with Crippen LogP contribution in [0.5, 0.6) is 0 Å². The zero-order chi connectivity index (χ0) is 20.7. The number of hydrogen-bond donors (Lipinski definition) is 1. The maximum Gasteiger partial charge on any atom is 0.417 e. The van der Waals surface area contributed by atoms with Crippen LogP contribution in [0.2, 0.25) is 5.02 Å². The van der Waals surface area contributed by atoms with Crippen molar-refractivity contribution < 1.29 is 22.7 Å². The van der Waals surface area contributed by atoms with Crippen molar-refractivity contribution in [3.8, 4) is 0 Å². The molecule has 0 radical (unpaired) electrons. The number of amides is 1. The van der Waals surface area contributed by atoms with Gasteiger partial charge in [0.15, 0.2) is 0 Å². The van der Waals surface area contributed by atoms with Gasteiger partial charge in [-0.1, -0.05) is 11.6 Å². The lowest BCUT2D eigenvalue weighted by Gasteiger charge is -2.35. The number of pyridine rings is 1. The molecule has 1 aromatic heterocycles. The first-order valence-corrected chi connectivity index (χ1v) is 9.63. The van der Waals surface area contributed by atoms with Crippen molar-refractivity contribution >= 4 is 23.3 Å². The van der Waals surface area contributed by atoms with Gasteiger partial charge in [-0.05, 0) is 26.3 Å². The molecule has 0 unspecified atom stereocenters. The molecule has 1 fully saturated rings. The summed E-state index contributed by atoms with van der Waals surface area (Å²) in [6, 6.07) is 0.896. The Morgan fingerprint density at radius 1 is 1.32 bits per heavy atom. The van der Waals surface area contributed by atoms with Crippen molar-refractivity contribution in [2.45, 2.75) is 32.5 Å². The van der Waals surface area contributed by atoms with Crippen LogP contribution in [0.1, 0.15) is 25.8 Å². The Hall–Kier alpha value is -1.58. The highest BCUT2D eigenvalue weighted by Crippen LogP contribution is 2.33. The third-order valence-electron chi connectivity index (χ3n) is 4.28. The number of anilines is 1. The first-order chi connectivity index (χ1) is 13.2. The van der Waals surface area contributed by atoms with Gasteiger partial charge in [0.25, 0.3) is 0 Å². The van der Waals surface area contributed by atoms with Gasteiger partial charge in [0, 0.05) is 45.5 Å². The third-order valence-corrected chi connectivity index (χ3v) is 4.56. The molecule has 0 aromatic carbocycles. The summed E-state index contributed by atoms with van der Waals surface area (Å²) in [6.45, 7) is 7.66. The molecule has 6 nitrogen and oxygen atoms in total. The average Bonchev–Trinajstić information content (AvgIpc) is 2.61. The van der Waals surface area contributed by atoms with Gasteiger partial charge in [0.2, 0.25) is 5.91 Å². The zero-order valence-corrected chi connectivity index (χ0v) is 16.8. The van der Waals surface area contributed by atoms with Gasteiger partial charge in [-0.3, -0.25) is 9.69 Å². The second-order valence-corrected chi connectivity index (χ2v) is 7.32. The molecule has 28 heavy (non-hydrogen) atoms. The summed E-state index contributed by atoms with van der Waals surface area (Å²) in [7, 11) is 0. The van der Waals surface area contributed by atoms with E-state index in [0.717, 1.165) is 18.7 Å². The van der Waals surface area contributed by atoms with Crippen LogP contribution in [-0.2, 0) is 15.7 Å². The van der Waals surface area contributed by atoms with Gasteiger partial charge < -0.3 is 15.0 Å². The van der Waals surface area contributed by atoms with E-state index in [1.807, 2.05) is 23.6 Å². The molecule has 1 saturated heterocycles. The summed E-state index contributed by atoms with van der Waals surface area (Å²) in [5, 5.41) is 2.84. The summed E-state index contributed by atoms with van der Waals surface area (Å²) in [4.78, 5) is 19.7. The SMILES string of the molecule is CC(C)OCCCNC(=O)CN1CCN(c2ncc(C(F)(F)F)cc2Cl)CC1. The predicted molar refractivity (Wildman–Crippen MR) is 102 cm³/mol. The Morgan fingerprint density at radius 2 is 2.00 bits per heavy atom. The second kappa shape index (κ2) is 10.3. The van der Waals surface area contributed by atoms with Crippen LogP contribution < -0.4 is 10.2 Å². The fraction of sp³-hybridized carbons (Fsp3) is 0.667. The molecular formula is C18H26ClF3N4O2. The van der Waals surface area contributed by atoms with E-state index in [4.69, 9.17) is 16.3 Å². The Kier molecular flexibility index (Phi) is 8.33. The maximum atomic E-state index is 12.7. The number of carbonyl (C=O) groups is 1. The van der Waals surface area contributed by atoms with Crippen LogP contribution in [0.25, 0.3) is 0 Å². The van der Waals surface area contributed by atoms with E-state index in [0.29, 0.717) is 45.1 Å². The normalized spacial score (nSPS) is 15.9. The van der Waals surface area contributed by atoms with Crippen molar-refractivity contribution in [1.82, 2.24) is 15.2 Å². The highest BCUT2D eigenvalue weighted by Gasteiger charge is 2.32. The molecule has 10 heteroatoms. The fourth-order valence-corrected chi connectivity index (χ4v) is 3.10. The van der Waals surface area contributed by atoms with Crippen LogP contribution in [0.15, 0.2) is 12.3 Å². The van der Waals surface area contributed by atoms with E-state index in [-0.39, 0.29) is 23.6 Å². The van der Waals surface area contributed by atoms with E-state index in [2.05, 4.69) is 10.3 Å². The van der Waals surface area contributed by atoms with E-state index >= 15 is 0 Å². The smallest absolute Gasteiger partial charge is 0.379 e. The largest absolute Gasteiger partial charge is 0.417 e. The number of rotatable bonds is 8. The molecule has 0 saturated carbocycles. The van der Waals surface area contributed by atoms with Crippen molar-refractivity contribution in [3.63, 3.8) is 0 Å². The van der Waals surface area contributed by atoms with Gasteiger partial charge >= 0.3 is 6.18 Å². The molecule has 0 aliphatic carbocycles. The minimum Gasteiger partial charge on any atom is -0.379 e. The standard InChI is InChI=1S/C18H26ClF3N4O2/c1-13(2)28-9-3-4-23-16(27)12-25-5-7-26(8-6-25)17-15(19)10-14(11-24-17)18(20,21)22/h10-11,13H,3-9,12H2,1-2H3,(H,23,27). The lowest BCUT2D eigenvalue weighted by molar-refractivity contribution is -0.137. The zero-order valence-electron chi connectivity index (χ0n) is 16.1. The Balaban J connectivity index is 1.75. The molecule has 1 aromatic rings. The Bertz CT molecular complexity index is 650. The lowest BCUT2D eigenvalue weighted by Crippen LogP contribution is -2.50. The number of nitrogens with zero attached hydrogens (tertiary/aromatic N) is 3.